The van der Waals surface area contributed by atoms with Crippen molar-refractivity contribution >= 4 is 5.91 Å². The predicted octanol–water partition coefficient (Wildman–Crippen LogP) is 3.14. The molecule has 1 aromatic rings. The van der Waals surface area contributed by atoms with Crippen molar-refractivity contribution in [3.8, 4) is 0 Å². The van der Waals surface area contributed by atoms with E-state index < -0.39 is 5.60 Å². The third-order valence-electron chi connectivity index (χ3n) is 5.37. The Bertz CT molecular complexity index is 525. The number of hydrogen-bond acceptors (Lipinski definition) is 3. The highest BCUT2D eigenvalue weighted by Crippen LogP contribution is 2.32. The van der Waals surface area contributed by atoms with E-state index in [1.165, 1.54) is 12.0 Å². The number of nitrogens with zero attached hydrogens (tertiary/aromatic N) is 1. The summed E-state index contributed by atoms with van der Waals surface area (Å²) in [6.45, 7) is 2.89. The minimum absolute atomic E-state index is 0.116. The van der Waals surface area contributed by atoms with Gasteiger partial charge >= 0.3 is 0 Å². The maximum Gasteiger partial charge on any atom is 0.225 e. The monoisotopic (exact) mass is 331 g/mol. The van der Waals surface area contributed by atoms with Crippen LogP contribution in [-0.4, -0.2) is 41.2 Å². The summed E-state index contributed by atoms with van der Waals surface area (Å²) in [5, 5.41) is 10.6. The van der Waals surface area contributed by atoms with Gasteiger partial charge in [-0.05, 0) is 24.8 Å². The van der Waals surface area contributed by atoms with E-state index in [0.29, 0.717) is 25.6 Å². The average molecular weight is 331 g/mol. The Morgan fingerprint density at radius 3 is 2.71 bits per heavy atom. The van der Waals surface area contributed by atoms with Gasteiger partial charge in [0, 0.05) is 19.0 Å². The molecule has 1 saturated carbocycles. The number of likely N-dealkylation sites (tertiary alicyclic amines) is 1. The van der Waals surface area contributed by atoms with Gasteiger partial charge in [-0.1, -0.05) is 49.6 Å². The van der Waals surface area contributed by atoms with Crippen molar-refractivity contribution in [1.82, 2.24) is 4.90 Å². The summed E-state index contributed by atoms with van der Waals surface area (Å²) in [5.74, 6) is 0.531. The van der Waals surface area contributed by atoms with Crippen LogP contribution < -0.4 is 0 Å². The van der Waals surface area contributed by atoms with E-state index in [1.54, 1.807) is 0 Å². The van der Waals surface area contributed by atoms with E-state index >= 15 is 0 Å². The van der Waals surface area contributed by atoms with Gasteiger partial charge in [0.25, 0.3) is 0 Å². The molecule has 1 aliphatic heterocycles. The Morgan fingerprint density at radius 1 is 1.21 bits per heavy atom. The van der Waals surface area contributed by atoms with E-state index in [4.69, 9.17) is 4.74 Å². The van der Waals surface area contributed by atoms with Gasteiger partial charge in [0.1, 0.15) is 0 Å². The van der Waals surface area contributed by atoms with Crippen LogP contribution >= 0.6 is 0 Å². The van der Waals surface area contributed by atoms with Gasteiger partial charge in [-0.3, -0.25) is 4.79 Å². The number of ether oxygens (including phenoxy) is 1. The molecule has 1 unspecified atom stereocenters. The van der Waals surface area contributed by atoms with Crippen molar-refractivity contribution in [3.63, 3.8) is 0 Å². The molecule has 1 amide bonds. The minimum atomic E-state index is -0.753. The molecular formula is C20H29NO3. The molecule has 1 heterocycles. The van der Waals surface area contributed by atoms with Crippen molar-refractivity contribution in [2.75, 3.05) is 19.7 Å². The first-order valence-corrected chi connectivity index (χ1v) is 9.26. The van der Waals surface area contributed by atoms with E-state index in [-0.39, 0.29) is 5.91 Å². The molecule has 1 N–H and O–H groups in total. The summed E-state index contributed by atoms with van der Waals surface area (Å²) < 4.78 is 5.81. The lowest BCUT2D eigenvalue weighted by atomic mass is 9.82. The molecule has 2 fully saturated rings. The average Bonchev–Trinajstić information content (AvgIpc) is 3.05. The molecule has 1 aromatic carbocycles. The highest BCUT2D eigenvalue weighted by atomic mass is 16.5. The second-order valence-electron chi connectivity index (χ2n) is 7.46. The van der Waals surface area contributed by atoms with Crippen molar-refractivity contribution in [1.29, 1.82) is 0 Å². The van der Waals surface area contributed by atoms with Gasteiger partial charge < -0.3 is 14.7 Å². The second kappa shape index (κ2) is 8.13. The number of amides is 1. The molecule has 132 valence electrons. The topological polar surface area (TPSA) is 49.8 Å². The summed E-state index contributed by atoms with van der Waals surface area (Å²) in [5.41, 5.74) is 0.431. The van der Waals surface area contributed by atoms with Crippen LogP contribution in [0.1, 0.15) is 50.5 Å². The molecule has 0 radical (unpaired) electrons. The van der Waals surface area contributed by atoms with Crippen molar-refractivity contribution in [2.24, 2.45) is 5.92 Å². The number of carbonyl (C=O) groups excluding carboxylic acids is 1. The number of benzene rings is 1. The van der Waals surface area contributed by atoms with Crippen LogP contribution in [-0.2, 0) is 16.1 Å². The van der Waals surface area contributed by atoms with Gasteiger partial charge in [-0.2, -0.15) is 0 Å². The molecule has 0 spiro atoms. The third kappa shape index (κ3) is 4.81. The van der Waals surface area contributed by atoms with E-state index in [1.807, 2.05) is 23.1 Å². The van der Waals surface area contributed by atoms with Crippen LogP contribution in [0.25, 0.3) is 0 Å². The molecule has 4 heteroatoms. The first-order chi connectivity index (χ1) is 11.6. The zero-order valence-electron chi connectivity index (χ0n) is 14.5. The molecule has 0 bridgehead atoms. The largest absolute Gasteiger partial charge is 0.389 e. The van der Waals surface area contributed by atoms with Crippen LogP contribution in [0, 0.1) is 5.92 Å². The number of rotatable bonds is 6. The first-order valence-electron chi connectivity index (χ1n) is 9.26. The summed E-state index contributed by atoms with van der Waals surface area (Å²) in [6.07, 6.45) is 6.11. The quantitative estimate of drug-likeness (QED) is 0.871. The zero-order valence-corrected chi connectivity index (χ0v) is 14.5. The van der Waals surface area contributed by atoms with Gasteiger partial charge in [0.2, 0.25) is 5.91 Å². The molecule has 1 aliphatic carbocycles. The molecule has 4 nitrogen and oxygen atoms in total. The van der Waals surface area contributed by atoms with Crippen LogP contribution in [0.15, 0.2) is 30.3 Å². The highest BCUT2D eigenvalue weighted by Gasteiger charge is 2.35. The lowest BCUT2D eigenvalue weighted by Crippen LogP contribution is -2.40. The van der Waals surface area contributed by atoms with Crippen LogP contribution in [0.2, 0.25) is 0 Å². The van der Waals surface area contributed by atoms with Crippen LogP contribution in [0.3, 0.4) is 0 Å². The fraction of sp³-hybridized carbons (Fsp3) is 0.650. The Hall–Kier alpha value is -1.39. The molecule has 3 rings (SSSR count). The summed E-state index contributed by atoms with van der Waals surface area (Å²) in [7, 11) is 0. The molecule has 2 aliphatic rings. The van der Waals surface area contributed by atoms with E-state index in [2.05, 4.69) is 12.1 Å². The van der Waals surface area contributed by atoms with Crippen molar-refractivity contribution in [2.45, 2.75) is 57.2 Å². The SMILES string of the molecule is O=C(CC1(O)CCCCC1)N1CCC(COCc2ccccc2)C1. The Labute approximate surface area is 144 Å². The Balaban J connectivity index is 1.39. The lowest BCUT2D eigenvalue weighted by molar-refractivity contribution is -0.137. The van der Waals surface area contributed by atoms with Gasteiger partial charge in [0.05, 0.1) is 25.2 Å². The minimum Gasteiger partial charge on any atom is -0.389 e. The van der Waals surface area contributed by atoms with Crippen LogP contribution in [0.4, 0.5) is 0 Å². The maximum atomic E-state index is 12.5. The summed E-state index contributed by atoms with van der Waals surface area (Å²) in [4.78, 5) is 14.4. The lowest BCUT2D eigenvalue weighted by Gasteiger charge is -2.32. The fourth-order valence-electron chi connectivity index (χ4n) is 3.89. The molecule has 24 heavy (non-hydrogen) atoms. The number of carbonyl (C=O) groups is 1. The second-order valence-corrected chi connectivity index (χ2v) is 7.46. The summed E-state index contributed by atoms with van der Waals surface area (Å²) >= 11 is 0. The van der Waals surface area contributed by atoms with Crippen molar-refractivity contribution in [3.05, 3.63) is 35.9 Å². The molecule has 1 saturated heterocycles. The van der Waals surface area contributed by atoms with Crippen LogP contribution in [0.5, 0.6) is 0 Å². The standard InChI is InChI=1S/C20H29NO3/c22-19(13-20(23)10-5-2-6-11-20)21-12-9-18(14-21)16-24-15-17-7-3-1-4-8-17/h1,3-4,7-8,18,23H,2,5-6,9-16H2. The Kier molecular flexibility index (Phi) is 5.90. The smallest absolute Gasteiger partial charge is 0.225 e. The van der Waals surface area contributed by atoms with E-state index in [0.717, 1.165) is 45.2 Å². The van der Waals surface area contributed by atoms with Gasteiger partial charge in [0.15, 0.2) is 0 Å². The molecule has 1 atom stereocenters. The third-order valence-corrected chi connectivity index (χ3v) is 5.37. The molecule has 0 aromatic heterocycles. The van der Waals surface area contributed by atoms with E-state index in [9.17, 15) is 9.90 Å². The maximum absolute atomic E-state index is 12.5. The van der Waals surface area contributed by atoms with Gasteiger partial charge in [-0.25, -0.2) is 0 Å². The Morgan fingerprint density at radius 2 is 1.96 bits per heavy atom. The molecular weight excluding hydrogens is 302 g/mol. The number of hydrogen-bond donors (Lipinski definition) is 1. The van der Waals surface area contributed by atoms with Gasteiger partial charge in [-0.15, -0.1) is 0 Å². The van der Waals surface area contributed by atoms with Crippen molar-refractivity contribution < 1.29 is 14.6 Å². The highest BCUT2D eigenvalue weighted by molar-refractivity contribution is 5.77. The number of aliphatic hydroxyl groups is 1. The zero-order chi connectivity index (χ0) is 16.8. The predicted molar refractivity (Wildman–Crippen MR) is 93.4 cm³/mol. The fourth-order valence-corrected chi connectivity index (χ4v) is 3.89. The summed E-state index contributed by atoms with van der Waals surface area (Å²) in [6, 6.07) is 10.2. The normalized spacial score (nSPS) is 23.4. The first kappa shape index (κ1) is 17.4.